The normalized spacial score (nSPS) is 12.6. The average molecular weight is 338 g/mol. The van der Waals surface area contributed by atoms with E-state index in [1.807, 2.05) is 29.9 Å². The summed E-state index contributed by atoms with van der Waals surface area (Å²) >= 11 is 3.58. The van der Waals surface area contributed by atoms with Crippen LogP contribution < -0.4 is 0 Å². The first-order valence-electron chi connectivity index (χ1n) is 6.90. The minimum atomic E-state index is -0.381. The first kappa shape index (κ1) is 15.2. The van der Waals surface area contributed by atoms with Gasteiger partial charge in [-0.3, -0.25) is 9.67 Å². The van der Waals surface area contributed by atoms with E-state index in [9.17, 15) is 5.11 Å². The van der Waals surface area contributed by atoms with Gasteiger partial charge in [0.15, 0.2) is 0 Å². The van der Waals surface area contributed by atoms with Crippen LogP contribution in [0.2, 0.25) is 0 Å². The fourth-order valence-corrected chi connectivity index (χ4v) is 3.01. The van der Waals surface area contributed by atoms with Gasteiger partial charge in [0.25, 0.3) is 0 Å². The lowest BCUT2D eigenvalue weighted by molar-refractivity contribution is 0.162. The predicted molar refractivity (Wildman–Crippen MR) is 82.6 cm³/mol. The molecule has 5 heteroatoms. The van der Waals surface area contributed by atoms with Crippen LogP contribution >= 0.6 is 15.9 Å². The molecule has 2 aromatic heterocycles. The molecule has 0 aliphatic rings. The van der Waals surface area contributed by atoms with E-state index < -0.39 is 0 Å². The standard InChI is InChI=1S/C15H20BrN3O/c1-3-13-15(16)14(19(2)18-13)10-12(20)8-7-11-6-4-5-9-17-11/h4-6,9,12,20H,3,7-8,10H2,1-2H3. The third kappa shape index (κ3) is 3.67. The summed E-state index contributed by atoms with van der Waals surface area (Å²) in [5.41, 5.74) is 3.11. The molecule has 108 valence electrons. The number of aromatic nitrogens is 3. The van der Waals surface area contributed by atoms with Gasteiger partial charge in [0.2, 0.25) is 0 Å². The van der Waals surface area contributed by atoms with Crippen LogP contribution in [0.1, 0.15) is 30.4 Å². The zero-order chi connectivity index (χ0) is 14.5. The minimum absolute atomic E-state index is 0.381. The third-order valence-electron chi connectivity index (χ3n) is 3.39. The summed E-state index contributed by atoms with van der Waals surface area (Å²) < 4.78 is 2.88. The Balaban J connectivity index is 1.95. The Labute approximate surface area is 128 Å². The van der Waals surface area contributed by atoms with Crippen molar-refractivity contribution >= 4 is 15.9 Å². The second kappa shape index (κ2) is 6.99. The fourth-order valence-electron chi connectivity index (χ4n) is 2.23. The molecule has 0 aromatic carbocycles. The van der Waals surface area contributed by atoms with Crippen molar-refractivity contribution in [2.24, 2.45) is 7.05 Å². The van der Waals surface area contributed by atoms with Gasteiger partial charge < -0.3 is 5.11 Å². The largest absolute Gasteiger partial charge is 0.393 e. The Bertz CT molecular complexity index is 554. The van der Waals surface area contributed by atoms with Crippen molar-refractivity contribution in [2.75, 3.05) is 0 Å². The van der Waals surface area contributed by atoms with Crippen LogP contribution in [-0.2, 0) is 26.3 Å². The number of aliphatic hydroxyl groups excluding tert-OH is 1. The molecule has 0 saturated carbocycles. The van der Waals surface area contributed by atoms with E-state index in [1.165, 1.54) is 0 Å². The molecule has 4 nitrogen and oxygen atoms in total. The molecule has 0 aliphatic carbocycles. The zero-order valence-corrected chi connectivity index (χ0v) is 13.5. The van der Waals surface area contributed by atoms with Gasteiger partial charge in [-0.25, -0.2) is 0 Å². The predicted octanol–water partition coefficient (Wildman–Crippen LogP) is 2.68. The van der Waals surface area contributed by atoms with Crippen molar-refractivity contribution in [3.05, 3.63) is 46.0 Å². The number of pyridine rings is 1. The maximum absolute atomic E-state index is 10.2. The minimum Gasteiger partial charge on any atom is -0.393 e. The first-order chi connectivity index (χ1) is 9.61. The van der Waals surface area contributed by atoms with Gasteiger partial charge in [-0.1, -0.05) is 13.0 Å². The quantitative estimate of drug-likeness (QED) is 0.881. The molecule has 0 saturated heterocycles. The van der Waals surface area contributed by atoms with Crippen LogP contribution in [-0.4, -0.2) is 26.0 Å². The van der Waals surface area contributed by atoms with E-state index in [0.717, 1.165) is 34.4 Å². The summed E-state index contributed by atoms with van der Waals surface area (Å²) in [5, 5.41) is 14.7. The van der Waals surface area contributed by atoms with Crippen molar-refractivity contribution in [1.29, 1.82) is 0 Å². The number of halogens is 1. The lowest BCUT2D eigenvalue weighted by Crippen LogP contribution is -2.15. The Hall–Kier alpha value is -1.20. The highest BCUT2D eigenvalue weighted by Crippen LogP contribution is 2.23. The van der Waals surface area contributed by atoms with Crippen LogP contribution in [0.25, 0.3) is 0 Å². The monoisotopic (exact) mass is 337 g/mol. The second-order valence-electron chi connectivity index (χ2n) is 4.90. The molecule has 1 N–H and O–H groups in total. The lowest BCUT2D eigenvalue weighted by atomic mass is 10.1. The van der Waals surface area contributed by atoms with Crippen molar-refractivity contribution in [3.63, 3.8) is 0 Å². The van der Waals surface area contributed by atoms with Gasteiger partial charge in [0.1, 0.15) is 0 Å². The van der Waals surface area contributed by atoms with Crippen LogP contribution in [0, 0.1) is 0 Å². The number of nitrogens with zero attached hydrogens (tertiary/aromatic N) is 3. The molecule has 0 amide bonds. The number of aryl methyl sites for hydroxylation is 3. The Morgan fingerprint density at radius 3 is 2.80 bits per heavy atom. The second-order valence-corrected chi connectivity index (χ2v) is 5.70. The van der Waals surface area contributed by atoms with Gasteiger partial charge in [-0.05, 0) is 47.3 Å². The van der Waals surface area contributed by atoms with Crippen LogP contribution in [0.15, 0.2) is 28.9 Å². The van der Waals surface area contributed by atoms with E-state index in [2.05, 4.69) is 32.9 Å². The highest BCUT2D eigenvalue weighted by Gasteiger charge is 2.16. The van der Waals surface area contributed by atoms with Gasteiger partial charge in [0, 0.05) is 25.4 Å². The maximum atomic E-state index is 10.2. The molecular formula is C15H20BrN3O. The molecule has 20 heavy (non-hydrogen) atoms. The Kier molecular flexibility index (Phi) is 5.31. The van der Waals surface area contributed by atoms with E-state index in [-0.39, 0.29) is 6.10 Å². The fraction of sp³-hybridized carbons (Fsp3) is 0.467. The van der Waals surface area contributed by atoms with E-state index in [0.29, 0.717) is 12.8 Å². The van der Waals surface area contributed by atoms with E-state index in [1.54, 1.807) is 6.20 Å². The lowest BCUT2D eigenvalue weighted by Gasteiger charge is -2.11. The van der Waals surface area contributed by atoms with Gasteiger partial charge in [-0.15, -0.1) is 0 Å². The zero-order valence-electron chi connectivity index (χ0n) is 11.9. The number of aliphatic hydroxyl groups is 1. The summed E-state index contributed by atoms with van der Waals surface area (Å²) in [5.74, 6) is 0. The van der Waals surface area contributed by atoms with Gasteiger partial charge in [-0.2, -0.15) is 5.10 Å². The summed E-state index contributed by atoms with van der Waals surface area (Å²) in [6, 6.07) is 5.86. The molecule has 0 fully saturated rings. The molecule has 1 unspecified atom stereocenters. The summed E-state index contributed by atoms with van der Waals surface area (Å²) in [6.07, 6.45) is 4.39. The molecule has 0 bridgehead atoms. The molecule has 0 radical (unpaired) electrons. The third-order valence-corrected chi connectivity index (χ3v) is 4.31. The SMILES string of the molecule is CCc1nn(C)c(CC(O)CCc2ccccn2)c1Br. The number of rotatable bonds is 6. The van der Waals surface area contributed by atoms with Crippen molar-refractivity contribution < 1.29 is 5.11 Å². The van der Waals surface area contributed by atoms with Crippen molar-refractivity contribution in [3.8, 4) is 0 Å². The Morgan fingerprint density at radius 1 is 1.40 bits per heavy atom. The van der Waals surface area contributed by atoms with Gasteiger partial charge in [0.05, 0.1) is 22.0 Å². The van der Waals surface area contributed by atoms with Crippen molar-refractivity contribution in [1.82, 2.24) is 14.8 Å². The highest BCUT2D eigenvalue weighted by atomic mass is 79.9. The number of hydrogen-bond donors (Lipinski definition) is 1. The van der Waals surface area contributed by atoms with Crippen molar-refractivity contribution in [2.45, 2.75) is 38.7 Å². The highest BCUT2D eigenvalue weighted by molar-refractivity contribution is 9.10. The topological polar surface area (TPSA) is 50.9 Å². The molecular weight excluding hydrogens is 318 g/mol. The summed E-state index contributed by atoms with van der Waals surface area (Å²) in [4.78, 5) is 4.27. The van der Waals surface area contributed by atoms with E-state index >= 15 is 0 Å². The maximum Gasteiger partial charge on any atom is 0.0766 e. The molecule has 2 aromatic rings. The average Bonchev–Trinajstić information content (AvgIpc) is 2.73. The summed E-state index contributed by atoms with van der Waals surface area (Å²) in [6.45, 7) is 2.08. The molecule has 2 heterocycles. The molecule has 2 rings (SSSR count). The molecule has 0 aliphatic heterocycles. The molecule has 1 atom stereocenters. The Morgan fingerprint density at radius 2 is 2.20 bits per heavy atom. The summed E-state index contributed by atoms with van der Waals surface area (Å²) in [7, 11) is 1.92. The van der Waals surface area contributed by atoms with Crippen LogP contribution in [0.3, 0.4) is 0 Å². The number of hydrogen-bond acceptors (Lipinski definition) is 3. The van der Waals surface area contributed by atoms with E-state index in [4.69, 9.17) is 0 Å². The van der Waals surface area contributed by atoms with Gasteiger partial charge >= 0.3 is 0 Å². The first-order valence-corrected chi connectivity index (χ1v) is 7.69. The smallest absolute Gasteiger partial charge is 0.0766 e. The van der Waals surface area contributed by atoms with Crippen LogP contribution in [0.4, 0.5) is 0 Å². The molecule has 0 spiro atoms. The van der Waals surface area contributed by atoms with Crippen LogP contribution in [0.5, 0.6) is 0 Å².